The summed E-state index contributed by atoms with van der Waals surface area (Å²) in [5.41, 5.74) is 0.333. The second-order valence-corrected chi connectivity index (χ2v) is 5.28. The molecule has 0 aromatic rings. The highest BCUT2D eigenvalue weighted by Crippen LogP contribution is 2.40. The van der Waals surface area contributed by atoms with Crippen LogP contribution in [0.2, 0.25) is 0 Å². The number of carbonyl (C=O) groups is 1. The Morgan fingerprint density at radius 1 is 1.14 bits per heavy atom. The van der Waals surface area contributed by atoms with Gasteiger partial charge in [-0.3, -0.25) is 4.79 Å². The molecular weight excluding hydrogens is 174 g/mol. The van der Waals surface area contributed by atoms with E-state index in [4.69, 9.17) is 0 Å². The molecule has 2 nitrogen and oxygen atoms in total. The normalized spacial score (nSPS) is 25.6. The van der Waals surface area contributed by atoms with Crippen LogP contribution in [-0.4, -0.2) is 23.9 Å². The summed E-state index contributed by atoms with van der Waals surface area (Å²) in [5.74, 6) is 0.409. The molecule has 1 amide bonds. The standard InChI is InChI=1S/C12H21NO/c1-12(6-2-3-7-12)10-11(14)13-8-4-5-9-13/h2-10H2,1H3. The van der Waals surface area contributed by atoms with E-state index in [0.29, 0.717) is 11.3 Å². The maximum Gasteiger partial charge on any atom is 0.223 e. The first-order valence-corrected chi connectivity index (χ1v) is 5.97. The molecule has 0 aromatic carbocycles. The summed E-state index contributed by atoms with van der Waals surface area (Å²) in [6.45, 7) is 4.30. The Morgan fingerprint density at radius 3 is 2.29 bits per heavy atom. The van der Waals surface area contributed by atoms with Crippen molar-refractivity contribution in [1.82, 2.24) is 4.90 Å². The first-order valence-electron chi connectivity index (χ1n) is 5.97. The smallest absolute Gasteiger partial charge is 0.223 e. The lowest BCUT2D eigenvalue weighted by atomic mass is 9.85. The highest BCUT2D eigenvalue weighted by atomic mass is 16.2. The third-order valence-corrected chi connectivity index (χ3v) is 3.85. The summed E-state index contributed by atoms with van der Waals surface area (Å²) in [5, 5.41) is 0. The molecule has 2 aliphatic rings. The fourth-order valence-corrected chi connectivity index (χ4v) is 2.85. The Morgan fingerprint density at radius 2 is 1.71 bits per heavy atom. The average molecular weight is 195 g/mol. The van der Waals surface area contributed by atoms with Gasteiger partial charge in [-0.05, 0) is 31.1 Å². The van der Waals surface area contributed by atoms with Crippen molar-refractivity contribution >= 4 is 5.91 Å². The van der Waals surface area contributed by atoms with E-state index in [1.54, 1.807) is 0 Å². The van der Waals surface area contributed by atoms with Crippen LogP contribution in [0.4, 0.5) is 0 Å². The van der Waals surface area contributed by atoms with Crippen molar-refractivity contribution in [2.24, 2.45) is 5.41 Å². The molecule has 1 heterocycles. The Bertz CT molecular complexity index is 212. The van der Waals surface area contributed by atoms with Gasteiger partial charge in [-0.25, -0.2) is 0 Å². The Balaban J connectivity index is 1.86. The zero-order chi connectivity index (χ0) is 10.0. The third-order valence-electron chi connectivity index (χ3n) is 3.85. The lowest BCUT2D eigenvalue weighted by Gasteiger charge is -2.25. The molecule has 1 aliphatic carbocycles. The van der Waals surface area contributed by atoms with Crippen molar-refractivity contribution in [3.05, 3.63) is 0 Å². The van der Waals surface area contributed by atoms with Crippen molar-refractivity contribution in [2.75, 3.05) is 13.1 Å². The molecular formula is C12H21NO. The van der Waals surface area contributed by atoms with Crippen LogP contribution in [0.25, 0.3) is 0 Å². The lowest BCUT2D eigenvalue weighted by Crippen LogP contribution is -2.31. The second-order valence-electron chi connectivity index (χ2n) is 5.28. The average Bonchev–Trinajstić information content (AvgIpc) is 2.74. The minimum atomic E-state index is 0.333. The molecule has 1 aliphatic heterocycles. The number of likely N-dealkylation sites (tertiary alicyclic amines) is 1. The monoisotopic (exact) mass is 195 g/mol. The van der Waals surface area contributed by atoms with Gasteiger partial charge in [-0.2, -0.15) is 0 Å². The topological polar surface area (TPSA) is 20.3 Å². The SMILES string of the molecule is CC1(CC(=O)N2CCCC2)CCCC1. The minimum Gasteiger partial charge on any atom is -0.343 e. The number of carbonyl (C=O) groups excluding carboxylic acids is 1. The Hall–Kier alpha value is -0.530. The number of nitrogens with zero attached hydrogens (tertiary/aromatic N) is 1. The molecule has 1 saturated carbocycles. The van der Waals surface area contributed by atoms with Crippen molar-refractivity contribution in [1.29, 1.82) is 0 Å². The van der Waals surface area contributed by atoms with Crippen LogP contribution in [0.15, 0.2) is 0 Å². The van der Waals surface area contributed by atoms with Gasteiger partial charge in [0.05, 0.1) is 0 Å². The van der Waals surface area contributed by atoms with E-state index in [2.05, 4.69) is 11.8 Å². The predicted molar refractivity (Wildman–Crippen MR) is 57.0 cm³/mol. The van der Waals surface area contributed by atoms with Crippen molar-refractivity contribution < 1.29 is 4.79 Å². The summed E-state index contributed by atoms with van der Waals surface area (Å²) in [6.07, 6.45) is 8.38. The number of hydrogen-bond donors (Lipinski definition) is 0. The van der Waals surface area contributed by atoms with E-state index in [-0.39, 0.29) is 0 Å². The fraction of sp³-hybridized carbons (Fsp3) is 0.917. The molecule has 2 rings (SSSR count). The predicted octanol–water partition coefficient (Wildman–Crippen LogP) is 2.58. The van der Waals surface area contributed by atoms with E-state index in [1.165, 1.54) is 38.5 Å². The first-order chi connectivity index (χ1) is 6.70. The largest absolute Gasteiger partial charge is 0.343 e. The van der Waals surface area contributed by atoms with E-state index in [0.717, 1.165) is 19.5 Å². The molecule has 0 bridgehead atoms. The maximum absolute atomic E-state index is 11.9. The maximum atomic E-state index is 11.9. The van der Waals surface area contributed by atoms with Crippen LogP contribution in [0.5, 0.6) is 0 Å². The van der Waals surface area contributed by atoms with Crippen LogP contribution in [0, 0.1) is 5.41 Å². The quantitative estimate of drug-likeness (QED) is 0.663. The molecule has 0 spiro atoms. The second kappa shape index (κ2) is 3.92. The van der Waals surface area contributed by atoms with E-state index < -0.39 is 0 Å². The number of amides is 1. The summed E-state index contributed by atoms with van der Waals surface area (Å²) in [7, 11) is 0. The molecule has 2 fully saturated rings. The van der Waals surface area contributed by atoms with Crippen LogP contribution < -0.4 is 0 Å². The summed E-state index contributed by atoms with van der Waals surface area (Å²) in [4.78, 5) is 14.0. The number of hydrogen-bond acceptors (Lipinski definition) is 1. The fourth-order valence-electron chi connectivity index (χ4n) is 2.85. The molecule has 0 unspecified atom stereocenters. The Labute approximate surface area is 86.7 Å². The van der Waals surface area contributed by atoms with Gasteiger partial charge in [0.15, 0.2) is 0 Å². The highest BCUT2D eigenvalue weighted by molar-refractivity contribution is 5.77. The van der Waals surface area contributed by atoms with E-state index in [1.807, 2.05) is 0 Å². The van der Waals surface area contributed by atoms with Gasteiger partial charge >= 0.3 is 0 Å². The van der Waals surface area contributed by atoms with Crippen molar-refractivity contribution in [2.45, 2.75) is 51.9 Å². The molecule has 0 aromatic heterocycles. The van der Waals surface area contributed by atoms with Crippen LogP contribution in [0.1, 0.15) is 51.9 Å². The van der Waals surface area contributed by atoms with E-state index >= 15 is 0 Å². The van der Waals surface area contributed by atoms with Crippen molar-refractivity contribution in [3.63, 3.8) is 0 Å². The molecule has 1 saturated heterocycles. The molecule has 2 heteroatoms. The van der Waals surface area contributed by atoms with Crippen LogP contribution >= 0.6 is 0 Å². The van der Waals surface area contributed by atoms with Crippen molar-refractivity contribution in [3.8, 4) is 0 Å². The number of rotatable bonds is 2. The van der Waals surface area contributed by atoms with E-state index in [9.17, 15) is 4.79 Å². The van der Waals surface area contributed by atoms with Gasteiger partial charge in [-0.15, -0.1) is 0 Å². The van der Waals surface area contributed by atoms with Gasteiger partial charge in [0.25, 0.3) is 0 Å². The summed E-state index contributed by atoms with van der Waals surface area (Å²) < 4.78 is 0. The highest BCUT2D eigenvalue weighted by Gasteiger charge is 2.33. The Kier molecular flexibility index (Phi) is 2.80. The van der Waals surface area contributed by atoms with Gasteiger partial charge < -0.3 is 4.90 Å². The molecule has 14 heavy (non-hydrogen) atoms. The minimum absolute atomic E-state index is 0.333. The lowest BCUT2D eigenvalue weighted by molar-refractivity contribution is -0.132. The van der Waals surface area contributed by atoms with Gasteiger partial charge in [0.1, 0.15) is 0 Å². The van der Waals surface area contributed by atoms with Gasteiger partial charge in [0.2, 0.25) is 5.91 Å². The molecule has 0 radical (unpaired) electrons. The van der Waals surface area contributed by atoms with Crippen LogP contribution in [0.3, 0.4) is 0 Å². The van der Waals surface area contributed by atoms with Gasteiger partial charge in [0, 0.05) is 19.5 Å². The summed E-state index contributed by atoms with van der Waals surface area (Å²) >= 11 is 0. The molecule has 0 atom stereocenters. The zero-order valence-electron chi connectivity index (χ0n) is 9.22. The zero-order valence-corrected chi connectivity index (χ0v) is 9.22. The van der Waals surface area contributed by atoms with Crippen LogP contribution in [-0.2, 0) is 4.79 Å². The first kappa shape index (κ1) is 10.0. The molecule has 0 N–H and O–H groups in total. The summed E-state index contributed by atoms with van der Waals surface area (Å²) in [6, 6.07) is 0. The molecule has 80 valence electrons. The third kappa shape index (κ3) is 2.10. The van der Waals surface area contributed by atoms with Gasteiger partial charge in [-0.1, -0.05) is 19.8 Å².